The Balaban J connectivity index is 2.45. The van der Waals surface area contributed by atoms with Crippen molar-refractivity contribution in [2.24, 2.45) is 0 Å². The summed E-state index contributed by atoms with van der Waals surface area (Å²) >= 11 is 0. The van der Waals surface area contributed by atoms with Gasteiger partial charge in [0.25, 0.3) is 0 Å². The van der Waals surface area contributed by atoms with E-state index in [9.17, 15) is 4.79 Å². The molecule has 0 aliphatic carbocycles. The van der Waals surface area contributed by atoms with Crippen LogP contribution < -0.4 is 4.74 Å². The van der Waals surface area contributed by atoms with Crippen LogP contribution in [0.25, 0.3) is 11.3 Å². The molecule has 0 aliphatic rings. The zero-order chi connectivity index (χ0) is 12.3. The van der Waals surface area contributed by atoms with Crippen LogP contribution in [-0.4, -0.2) is 23.2 Å². The molecule has 0 aliphatic heterocycles. The molecule has 0 unspecified atom stereocenters. The van der Waals surface area contributed by atoms with E-state index in [4.69, 9.17) is 4.74 Å². The van der Waals surface area contributed by atoms with E-state index in [1.807, 2.05) is 31.2 Å². The highest BCUT2D eigenvalue weighted by atomic mass is 16.5. The minimum Gasteiger partial charge on any atom is -0.497 e. The number of carbonyl (C=O) groups excluding carboxylic acids is 1. The van der Waals surface area contributed by atoms with Crippen molar-refractivity contribution in [2.45, 2.75) is 13.5 Å². The van der Waals surface area contributed by atoms with Gasteiger partial charge in [0.2, 0.25) is 0 Å². The molecule has 4 nitrogen and oxygen atoms in total. The first-order valence-corrected chi connectivity index (χ1v) is 5.46. The molecule has 0 saturated carbocycles. The van der Waals surface area contributed by atoms with Gasteiger partial charge in [-0.25, -0.2) is 0 Å². The third-order valence-electron chi connectivity index (χ3n) is 2.60. The summed E-state index contributed by atoms with van der Waals surface area (Å²) in [7, 11) is 1.63. The average Bonchev–Trinajstić information content (AvgIpc) is 2.82. The summed E-state index contributed by atoms with van der Waals surface area (Å²) in [6.07, 6.45) is 0.820. The highest BCUT2D eigenvalue weighted by molar-refractivity contribution is 5.76. The monoisotopic (exact) mass is 230 g/mol. The number of aromatic nitrogens is 2. The maximum atomic E-state index is 10.9. The molecule has 1 heterocycles. The molecular formula is C13H14N2O2. The number of ether oxygens (including phenoxy) is 1. The molecule has 0 bridgehead atoms. The highest BCUT2D eigenvalue weighted by Gasteiger charge is 2.08. The number of carbonyl (C=O) groups is 1. The molecule has 0 spiro atoms. The molecular weight excluding hydrogens is 216 g/mol. The lowest BCUT2D eigenvalue weighted by Gasteiger charge is -2.01. The Bertz CT molecular complexity index is 532. The number of hydrogen-bond donors (Lipinski definition) is 0. The predicted octanol–water partition coefficient (Wildman–Crippen LogP) is 2.39. The van der Waals surface area contributed by atoms with Crippen molar-refractivity contribution in [1.29, 1.82) is 0 Å². The maximum Gasteiger partial charge on any atom is 0.168 e. The van der Waals surface area contributed by atoms with E-state index < -0.39 is 0 Å². The van der Waals surface area contributed by atoms with Gasteiger partial charge in [-0.3, -0.25) is 9.48 Å². The van der Waals surface area contributed by atoms with Gasteiger partial charge in [-0.15, -0.1) is 0 Å². The van der Waals surface area contributed by atoms with Crippen LogP contribution in [0.5, 0.6) is 5.75 Å². The van der Waals surface area contributed by atoms with Crippen LogP contribution in [0.15, 0.2) is 30.3 Å². The fraction of sp³-hybridized carbons (Fsp3) is 0.231. The van der Waals surface area contributed by atoms with Gasteiger partial charge >= 0.3 is 0 Å². The molecule has 1 aromatic carbocycles. The van der Waals surface area contributed by atoms with Gasteiger partial charge in [-0.05, 0) is 25.1 Å². The van der Waals surface area contributed by atoms with Crippen molar-refractivity contribution in [3.8, 4) is 17.0 Å². The number of benzene rings is 1. The molecule has 88 valence electrons. The summed E-state index contributed by atoms with van der Waals surface area (Å²) in [5, 5.41) is 4.38. The fourth-order valence-electron chi connectivity index (χ4n) is 1.70. The Kier molecular flexibility index (Phi) is 3.23. The van der Waals surface area contributed by atoms with E-state index in [1.54, 1.807) is 17.9 Å². The summed E-state index contributed by atoms with van der Waals surface area (Å²) in [6, 6.07) is 9.41. The number of hydrogen-bond acceptors (Lipinski definition) is 3. The third kappa shape index (κ3) is 2.20. The zero-order valence-corrected chi connectivity index (χ0v) is 9.88. The molecule has 0 atom stereocenters. The topological polar surface area (TPSA) is 44.1 Å². The van der Waals surface area contributed by atoms with Crippen molar-refractivity contribution >= 4 is 6.29 Å². The second-order valence-corrected chi connectivity index (χ2v) is 3.62. The molecule has 0 N–H and O–H groups in total. The molecule has 0 radical (unpaired) electrons. The average molecular weight is 230 g/mol. The molecule has 2 rings (SSSR count). The summed E-state index contributed by atoms with van der Waals surface area (Å²) in [4.78, 5) is 10.9. The molecule has 0 fully saturated rings. The molecule has 2 aromatic rings. The van der Waals surface area contributed by atoms with Crippen molar-refractivity contribution in [2.75, 3.05) is 7.11 Å². The Hall–Kier alpha value is -2.10. The van der Waals surface area contributed by atoms with Gasteiger partial charge in [0.15, 0.2) is 6.29 Å². The SMILES string of the molecule is CCn1nc(-c2cccc(OC)c2)cc1C=O. The summed E-state index contributed by atoms with van der Waals surface area (Å²) in [5.41, 5.74) is 2.32. The molecule has 0 amide bonds. The molecule has 17 heavy (non-hydrogen) atoms. The molecule has 4 heteroatoms. The van der Waals surface area contributed by atoms with Crippen molar-refractivity contribution in [3.63, 3.8) is 0 Å². The minimum atomic E-state index is 0.588. The summed E-state index contributed by atoms with van der Waals surface area (Å²) in [5.74, 6) is 0.779. The van der Waals surface area contributed by atoms with Crippen molar-refractivity contribution < 1.29 is 9.53 Å². The van der Waals surface area contributed by atoms with E-state index >= 15 is 0 Å². The zero-order valence-electron chi connectivity index (χ0n) is 9.88. The summed E-state index contributed by atoms with van der Waals surface area (Å²) in [6.45, 7) is 2.63. The van der Waals surface area contributed by atoms with Crippen molar-refractivity contribution in [3.05, 3.63) is 36.0 Å². The smallest absolute Gasteiger partial charge is 0.168 e. The third-order valence-corrected chi connectivity index (χ3v) is 2.60. The van der Waals surface area contributed by atoms with E-state index in [0.717, 1.165) is 23.3 Å². The second-order valence-electron chi connectivity index (χ2n) is 3.62. The minimum absolute atomic E-state index is 0.588. The van der Waals surface area contributed by atoms with Gasteiger partial charge in [-0.1, -0.05) is 12.1 Å². The van der Waals surface area contributed by atoms with Crippen LogP contribution in [-0.2, 0) is 6.54 Å². The van der Waals surface area contributed by atoms with Gasteiger partial charge in [0, 0.05) is 12.1 Å². The Labute approximate surface area is 99.8 Å². The van der Waals surface area contributed by atoms with Crippen LogP contribution in [0.3, 0.4) is 0 Å². The van der Waals surface area contributed by atoms with Gasteiger partial charge in [-0.2, -0.15) is 5.10 Å². The second kappa shape index (κ2) is 4.82. The van der Waals surface area contributed by atoms with Gasteiger partial charge in [0.05, 0.1) is 12.8 Å². The van der Waals surface area contributed by atoms with Crippen LogP contribution in [0.4, 0.5) is 0 Å². The lowest BCUT2D eigenvalue weighted by molar-refractivity contribution is 0.111. The normalized spacial score (nSPS) is 10.2. The van der Waals surface area contributed by atoms with Gasteiger partial charge < -0.3 is 4.74 Å². The van der Waals surface area contributed by atoms with Crippen molar-refractivity contribution in [1.82, 2.24) is 9.78 Å². The fourth-order valence-corrected chi connectivity index (χ4v) is 1.70. The number of methoxy groups -OCH3 is 1. The first kappa shape index (κ1) is 11.4. The highest BCUT2D eigenvalue weighted by Crippen LogP contribution is 2.23. The number of rotatable bonds is 4. The standard InChI is InChI=1S/C13H14N2O2/c1-3-15-11(9-16)8-13(14-15)10-5-4-6-12(7-10)17-2/h4-9H,3H2,1-2H3. The first-order chi connectivity index (χ1) is 8.28. The first-order valence-electron chi connectivity index (χ1n) is 5.46. The van der Waals surface area contributed by atoms with E-state index in [0.29, 0.717) is 12.2 Å². The van der Waals surface area contributed by atoms with E-state index in [1.165, 1.54) is 0 Å². The van der Waals surface area contributed by atoms with E-state index in [2.05, 4.69) is 5.10 Å². The lowest BCUT2D eigenvalue weighted by atomic mass is 10.1. The Morgan fingerprint density at radius 3 is 2.82 bits per heavy atom. The van der Waals surface area contributed by atoms with Crippen LogP contribution in [0, 0.1) is 0 Å². The van der Waals surface area contributed by atoms with Crippen LogP contribution in [0.1, 0.15) is 17.4 Å². The Morgan fingerprint density at radius 2 is 2.24 bits per heavy atom. The number of aldehydes is 1. The van der Waals surface area contributed by atoms with Gasteiger partial charge in [0.1, 0.15) is 11.4 Å². The Morgan fingerprint density at radius 1 is 1.41 bits per heavy atom. The number of nitrogens with zero attached hydrogens (tertiary/aromatic N) is 2. The molecule has 1 aromatic heterocycles. The van der Waals surface area contributed by atoms with Crippen LogP contribution >= 0.6 is 0 Å². The largest absolute Gasteiger partial charge is 0.497 e. The molecule has 0 saturated heterocycles. The van der Waals surface area contributed by atoms with Crippen LogP contribution in [0.2, 0.25) is 0 Å². The lowest BCUT2D eigenvalue weighted by Crippen LogP contribution is -2.00. The number of aryl methyl sites for hydroxylation is 1. The van der Waals surface area contributed by atoms with E-state index in [-0.39, 0.29) is 0 Å². The summed E-state index contributed by atoms with van der Waals surface area (Å²) < 4.78 is 6.84. The maximum absolute atomic E-state index is 10.9. The quantitative estimate of drug-likeness (QED) is 0.757. The predicted molar refractivity (Wildman–Crippen MR) is 65.3 cm³/mol.